The summed E-state index contributed by atoms with van der Waals surface area (Å²) in [5.41, 5.74) is 2.77. The molecular formula is C16H15NOS. The van der Waals surface area contributed by atoms with Gasteiger partial charge in [0.2, 0.25) is 5.78 Å². The van der Waals surface area contributed by atoms with E-state index in [1.807, 2.05) is 43.3 Å². The van der Waals surface area contributed by atoms with Crippen LogP contribution in [0.4, 0.5) is 0 Å². The number of nitrogens with one attached hydrogen (secondary N) is 1. The van der Waals surface area contributed by atoms with Crippen LogP contribution in [-0.4, -0.2) is 10.8 Å². The van der Waals surface area contributed by atoms with Crippen molar-refractivity contribution in [1.82, 2.24) is 4.98 Å². The van der Waals surface area contributed by atoms with E-state index in [1.54, 1.807) is 11.3 Å². The summed E-state index contributed by atoms with van der Waals surface area (Å²) in [7, 11) is 0. The van der Waals surface area contributed by atoms with Crippen molar-refractivity contribution in [3.63, 3.8) is 0 Å². The lowest BCUT2D eigenvalue weighted by Gasteiger charge is -1.98. The first-order valence-corrected chi connectivity index (χ1v) is 7.23. The van der Waals surface area contributed by atoms with Crippen molar-refractivity contribution in [1.29, 1.82) is 0 Å². The first-order chi connectivity index (χ1) is 9.20. The molecule has 0 saturated carbocycles. The number of thiophene rings is 1. The van der Waals surface area contributed by atoms with Crippen LogP contribution in [0.15, 0.2) is 36.4 Å². The SMILES string of the molecule is CCc1ccc(C(=O)c2c(C)[nH]c3ccccc23)s1. The molecule has 19 heavy (non-hydrogen) atoms. The number of aromatic amines is 1. The van der Waals surface area contributed by atoms with Gasteiger partial charge in [-0.1, -0.05) is 25.1 Å². The Hall–Kier alpha value is -1.87. The van der Waals surface area contributed by atoms with Gasteiger partial charge < -0.3 is 4.98 Å². The fraction of sp³-hybridized carbons (Fsp3) is 0.188. The molecule has 2 nitrogen and oxygen atoms in total. The second kappa shape index (κ2) is 4.67. The molecule has 2 heterocycles. The van der Waals surface area contributed by atoms with Crippen LogP contribution in [0.2, 0.25) is 0 Å². The summed E-state index contributed by atoms with van der Waals surface area (Å²) < 4.78 is 0. The summed E-state index contributed by atoms with van der Waals surface area (Å²) in [6, 6.07) is 11.9. The predicted molar refractivity (Wildman–Crippen MR) is 80.2 cm³/mol. The zero-order chi connectivity index (χ0) is 13.4. The fourth-order valence-corrected chi connectivity index (χ4v) is 3.28. The molecule has 0 bridgehead atoms. The van der Waals surface area contributed by atoms with Gasteiger partial charge in [-0.2, -0.15) is 0 Å². The lowest BCUT2D eigenvalue weighted by atomic mass is 10.1. The maximum Gasteiger partial charge on any atom is 0.205 e. The lowest BCUT2D eigenvalue weighted by Crippen LogP contribution is -1.99. The smallest absolute Gasteiger partial charge is 0.205 e. The highest BCUT2D eigenvalue weighted by Crippen LogP contribution is 2.27. The summed E-state index contributed by atoms with van der Waals surface area (Å²) in [5, 5.41) is 1.01. The van der Waals surface area contributed by atoms with Crippen LogP contribution < -0.4 is 0 Å². The van der Waals surface area contributed by atoms with Crippen molar-refractivity contribution in [2.45, 2.75) is 20.3 Å². The monoisotopic (exact) mass is 269 g/mol. The summed E-state index contributed by atoms with van der Waals surface area (Å²) in [6.45, 7) is 4.07. The Labute approximate surface area is 116 Å². The highest BCUT2D eigenvalue weighted by atomic mass is 32.1. The minimum Gasteiger partial charge on any atom is -0.358 e. The van der Waals surface area contributed by atoms with E-state index in [-0.39, 0.29) is 5.78 Å². The van der Waals surface area contributed by atoms with Crippen molar-refractivity contribution in [2.75, 3.05) is 0 Å². The van der Waals surface area contributed by atoms with Crippen LogP contribution in [0.25, 0.3) is 10.9 Å². The van der Waals surface area contributed by atoms with Crippen molar-refractivity contribution in [2.24, 2.45) is 0 Å². The molecule has 2 aromatic heterocycles. The lowest BCUT2D eigenvalue weighted by molar-refractivity contribution is 0.104. The number of hydrogen-bond donors (Lipinski definition) is 1. The van der Waals surface area contributed by atoms with Crippen molar-refractivity contribution < 1.29 is 4.79 Å². The number of aryl methyl sites for hydroxylation is 2. The van der Waals surface area contributed by atoms with Crippen molar-refractivity contribution in [3.05, 3.63) is 57.4 Å². The Morgan fingerprint density at radius 3 is 2.74 bits per heavy atom. The Morgan fingerprint density at radius 1 is 1.21 bits per heavy atom. The molecule has 3 heteroatoms. The standard InChI is InChI=1S/C16H15NOS/c1-3-11-8-9-14(19-11)16(18)15-10(2)17-13-7-5-4-6-12(13)15/h4-9,17H,3H2,1-2H3. The third kappa shape index (κ3) is 2.00. The summed E-state index contributed by atoms with van der Waals surface area (Å²) >= 11 is 1.59. The number of benzene rings is 1. The van der Waals surface area contributed by atoms with Gasteiger partial charge in [0.15, 0.2) is 0 Å². The number of carbonyl (C=O) groups excluding carboxylic acids is 1. The average Bonchev–Trinajstić information content (AvgIpc) is 3.01. The van der Waals surface area contributed by atoms with Gasteiger partial charge in [0.25, 0.3) is 0 Å². The zero-order valence-corrected chi connectivity index (χ0v) is 11.8. The van der Waals surface area contributed by atoms with Gasteiger partial charge in [0.05, 0.1) is 10.4 Å². The minimum atomic E-state index is 0.125. The van der Waals surface area contributed by atoms with Gasteiger partial charge in [0, 0.05) is 21.5 Å². The molecule has 1 aromatic carbocycles. The molecular weight excluding hydrogens is 254 g/mol. The average molecular weight is 269 g/mol. The number of carbonyl (C=O) groups is 1. The van der Waals surface area contributed by atoms with E-state index >= 15 is 0 Å². The molecule has 0 atom stereocenters. The maximum absolute atomic E-state index is 12.7. The summed E-state index contributed by atoms with van der Waals surface area (Å²) in [4.78, 5) is 18.0. The Bertz CT molecular complexity index is 751. The maximum atomic E-state index is 12.7. The van der Waals surface area contributed by atoms with Crippen molar-refractivity contribution in [3.8, 4) is 0 Å². The number of H-pyrrole nitrogens is 1. The fourth-order valence-electron chi connectivity index (χ4n) is 2.38. The zero-order valence-electron chi connectivity index (χ0n) is 11.0. The van der Waals surface area contributed by atoms with Crippen LogP contribution in [0.3, 0.4) is 0 Å². The number of aromatic nitrogens is 1. The van der Waals surface area contributed by atoms with Crippen LogP contribution in [0.5, 0.6) is 0 Å². The third-order valence-electron chi connectivity index (χ3n) is 3.35. The van der Waals surface area contributed by atoms with E-state index in [9.17, 15) is 4.79 Å². The minimum absolute atomic E-state index is 0.125. The molecule has 0 aliphatic rings. The van der Waals surface area contributed by atoms with E-state index in [4.69, 9.17) is 0 Å². The first kappa shape index (κ1) is 12.2. The van der Waals surface area contributed by atoms with E-state index in [2.05, 4.69) is 11.9 Å². The highest BCUT2D eigenvalue weighted by Gasteiger charge is 2.18. The quantitative estimate of drug-likeness (QED) is 0.705. The first-order valence-electron chi connectivity index (χ1n) is 6.41. The van der Waals surface area contributed by atoms with E-state index in [0.717, 1.165) is 33.5 Å². The van der Waals surface area contributed by atoms with Gasteiger partial charge in [-0.15, -0.1) is 11.3 Å². The summed E-state index contributed by atoms with van der Waals surface area (Å²) in [6.07, 6.45) is 0.977. The Balaban J connectivity index is 2.13. The van der Waals surface area contributed by atoms with Gasteiger partial charge in [-0.3, -0.25) is 4.79 Å². The molecule has 96 valence electrons. The molecule has 3 aromatic rings. The summed E-state index contributed by atoms with van der Waals surface area (Å²) in [5.74, 6) is 0.125. The molecule has 0 radical (unpaired) electrons. The number of ketones is 1. The second-order valence-corrected chi connectivity index (χ2v) is 5.79. The number of rotatable bonds is 3. The molecule has 0 unspecified atom stereocenters. The van der Waals surface area contributed by atoms with E-state index in [0.29, 0.717) is 0 Å². The molecule has 3 rings (SSSR count). The molecule has 1 N–H and O–H groups in total. The van der Waals surface area contributed by atoms with Gasteiger partial charge in [0.1, 0.15) is 0 Å². The van der Waals surface area contributed by atoms with Gasteiger partial charge in [-0.05, 0) is 31.5 Å². The third-order valence-corrected chi connectivity index (χ3v) is 4.58. The Kier molecular flexibility index (Phi) is 2.99. The van der Waals surface area contributed by atoms with Crippen LogP contribution in [0.1, 0.15) is 32.7 Å². The van der Waals surface area contributed by atoms with Gasteiger partial charge >= 0.3 is 0 Å². The highest BCUT2D eigenvalue weighted by molar-refractivity contribution is 7.14. The van der Waals surface area contributed by atoms with E-state index in [1.165, 1.54) is 4.88 Å². The van der Waals surface area contributed by atoms with Gasteiger partial charge in [-0.25, -0.2) is 0 Å². The number of fused-ring (bicyclic) bond motifs is 1. The number of para-hydroxylation sites is 1. The molecule has 0 saturated heterocycles. The molecule has 0 spiro atoms. The topological polar surface area (TPSA) is 32.9 Å². The molecule has 0 fully saturated rings. The van der Waals surface area contributed by atoms with Crippen LogP contribution >= 0.6 is 11.3 Å². The number of hydrogen-bond acceptors (Lipinski definition) is 2. The molecule has 0 aliphatic heterocycles. The molecule has 0 amide bonds. The Morgan fingerprint density at radius 2 is 2.00 bits per heavy atom. The van der Waals surface area contributed by atoms with Crippen LogP contribution in [0, 0.1) is 6.92 Å². The van der Waals surface area contributed by atoms with E-state index < -0.39 is 0 Å². The second-order valence-electron chi connectivity index (χ2n) is 4.62. The predicted octanol–water partition coefficient (Wildman–Crippen LogP) is 4.33. The van der Waals surface area contributed by atoms with Crippen LogP contribution in [-0.2, 0) is 6.42 Å². The van der Waals surface area contributed by atoms with Crippen molar-refractivity contribution >= 4 is 28.0 Å². The largest absolute Gasteiger partial charge is 0.358 e. The molecule has 0 aliphatic carbocycles. The normalized spacial score (nSPS) is 11.1.